The molecule has 28 heavy (non-hydrogen) atoms. The first kappa shape index (κ1) is 19.6. The van der Waals surface area contributed by atoms with E-state index < -0.39 is 10.0 Å². The van der Waals surface area contributed by atoms with Gasteiger partial charge < -0.3 is 5.32 Å². The van der Waals surface area contributed by atoms with Crippen LogP contribution in [0.25, 0.3) is 0 Å². The smallest absolute Gasteiger partial charge is 0.255 e. The molecular weight excluding hydrogens is 374 g/mol. The van der Waals surface area contributed by atoms with Crippen molar-refractivity contribution in [2.75, 3.05) is 15.8 Å². The Labute approximate surface area is 164 Å². The second-order valence-corrected chi connectivity index (χ2v) is 8.28. The van der Waals surface area contributed by atoms with Gasteiger partial charge in [0.15, 0.2) is 0 Å². The fourth-order valence-electron chi connectivity index (χ4n) is 2.59. The Morgan fingerprint density at radius 2 is 1.43 bits per heavy atom. The number of carbonyl (C=O) groups excluding carboxylic acids is 1. The number of benzene rings is 2. The maximum atomic E-state index is 12.4. The molecule has 0 fully saturated rings. The number of aromatic nitrogens is 1. The zero-order valence-corrected chi connectivity index (χ0v) is 16.2. The summed E-state index contributed by atoms with van der Waals surface area (Å²) in [5.41, 5.74) is 3.88. The minimum Gasteiger partial charge on any atom is -0.322 e. The molecule has 7 heteroatoms. The lowest BCUT2D eigenvalue weighted by Crippen LogP contribution is -2.15. The van der Waals surface area contributed by atoms with Crippen molar-refractivity contribution >= 4 is 27.3 Å². The molecule has 0 saturated carbocycles. The largest absolute Gasteiger partial charge is 0.322 e. The highest BCUT2D eigenvalue weighted by Gasteiger charge is 2.09. The molecule has 1 aromatic heterocycles. The summed E-state index contributed by atoms with van der Waals surface area (Å²) in [5.74, 6) is -0.265. The molecule has 1 amide bonds. The van der Waals surface area contributed by atoms with Crippen molar-refractivity contribution in [1.82, 2.24) is 4.98 Å². The van der Waals surface area contributed by atoms with E-state index in [4.69, 9.17) is 0 Å². The van der Waals surface area contributed by atoms with Gasteiger partial charge in [0.25, 0.3) is 5.91 Å². The van der Waals surface area contributed by atoms with E-state index in [2.05, 4.69) is 15.0 Å². The van der Waals surface area contributed by atoms with Crippen LogP contribution in [0, 0.1) is 0 Å². The summed E-state index contributed by atoms with van der Waals surface area (Å²) in [5, 5.41) is 2.84. The standard InChI is InChI=1S/C21H21N3O3S/c1-2-28(26,27)24-20-9-5-18(6-10-20)21(25)23-19-7-3-16(4-8-19)15-17-11-13-22-14-12-17/h3-14,24H,2,15H2,1H3,(H,23,25). The molecule has 1 heterocycles. The van der Waals surface area contributed by atoms with Crippen molar-refractivity contribution < 1.29 is 13.2 Å². The third-order valence-corrected chi connectivity index (χ3v) is 5.48. The Morgan fingerprint density at radius 3 is 2.04 bits per heavy atom. The molecule has 0 spiro atoms. The Kier molecular flexibility index (Phi) is 6.06. The fourth-order valence-corrected chi connectivity index (χ4v) is 3.23. The molecule has 6 nitrogen and oxygen atoms in total. The van der Waals surface area contributed by atoms with Crippen LogP contribution < -0.4 is 10.0 Å². The number of sulfonamides is 1. The van der Waals surface area contributed by atoms with Gasteiger partial charge in [-0.15, -0.1) is 0 Å². The van der Waals surface area contributed by atoms with Crippen molar-refractivity contribution in [2.45, 2.75) is 13.3 Å². The highest BCUT2D eigenvalue weighted by atomic mass is 32.2. The molecule has 0 aliphatic rings. The SMILES string of the molecule is CCS(=O)(=O)Nc1ccc(C(=O)Nc2ccc(Cc3ccncc3)cc2)cc1. The Hall–Kier alpha value is -3.19. The molecule has 0 radical (unpaired) electrons. The number of nitrogens with zero attached hydrogens (tertiary/aromatic N) is 1. The van der Waals surface area contributed by atoms with Crippen LogP contribution in [0.3, 0.4) is 0 Å². The van der Waals surface area contributed by atoms with Gasteiger partial charge in [-0.25, -0.2) is 8.42 Å². The first-order chi connectivity index (χ1) is 13.4. The number of carbonyl (C=O) groups is 1. The summed E-state index contributed by atoms with van der Waals surface area (Å²) in [6.45, 7) is 1.56. The topological polar surface area (TPSA) is 88.2 Å². The number of hydrogen-bond acceptors (Lipinski definition) is 4. The molecule has 2 N–H and O–H groups in total. The van der Waals surface area contributed by atoms with E-state index in [-0.39, 0.29) is 11.7 Å². The maximum absolute atomic E-state index is 12.4. The number of rotatable bonds is 7. The molecule has 2 aromatic carbocycles. The van der Waals surface area contributed by atoms with Gasteiger partial charge in [0.2, 0.25) is 10.0 Å². The third kappa shape index (κ3) is 5.40. The minimum atomic E-state index is -3.34. The lowest BCUT2D eigenvalue weighted by atomic mass is 10.1. The molecule has 0 aliphatic heterocycles. The van der Waals surface area contributed by atoms with Crippen LogP contribution in [0.5, 0.6) is 0 Å². The predicted octanol–water partition coefficient (Wildman–Crippen LogP) is 3.69. The van der Waals surface area contributed by atoms with E-state index in [1.165, 1.54) is 5.56 Å². The number of pyridine rings is 1. The zero-order valence-electron chi connectivity index (χ0n) is 15.4. The van der Waals surface area contributed by atoms with Crippen LogP contribution in [0.1, 0.15) is 28.4 Å². The number of nitrogens with one attached hydrogen (secondary N) is 2. The van der Waals surface area contributed by atoms with Gasteiger partial charge in [0, 0.05) is 29.3 Å². The Morgan fingerprint density at radius 1 is 0.857 bits per heavy atom. The fraction of sp³-hybridized carbons (Fsp3) is 0.143. The summed E-state index contributed by atoms with van der Waals surface area (Å²) < 4.78 is 25.6. The molecule has 0 aliphatic carbocycles. The molecule has 0 bridgehead atoms. The number of anilines is 2. The Balaban J connectivity index is 1.61. The summed E-state index contributed by atoms with van der Waals surface area (Å²) in [6, 6.07) is 17.9. The second kappa shape index (κ2) is 8.67. The minimum absolute atomic E-state index is 0.00755. The van der Waals surface area contributed by atoms with Gasteiger partial charge in [-0.05, 0) is 73.0 Å². The maximum Gasteiger partial charge on any atom is 0.255 e. The van der Waals surface area contributed by atoms with E-state index in [9.17, 15) is 13.2 Å². The average molecular weight is 395 g/mol. The highest BCUT2D eigenvalue weighted by molar-refractivity contribution is 7.92. The molecule has 0 atom stereocenters. The molecule has 0 saturated heterocycles. The highest BCUT2D eigenvalue weighted by Crippen LogP contribution is 2.16. The first-order valence-corrected chi connectivity index (χ1v) is 10.5. The normalized spacial score (nSPS) is 11.0. The van der Waals surface area contributed by atoms with Crippen molar-refractivity contribution in [2.24, 2.45) is 0 Å². The van der Waals surface area contributed by atoms with Crippen LogP contribution >= 0.6 is 0 Å². The van der Waals surface area contributed by atoms with Crippen LogP contribution in [-0.4, -0.2) is 25.1 Å². The van der Waals surface area contributed by atoms with Crippen molar-refractivity contribution in [3.63, 3.8) is 0 Å². The molecule has 0 unspecified atom stereocenters. The zero-order chi connectivity index (χ0) is 20.0. The van der Waals surface area contributed by atoms with Gasteiger partial charge in [-0.1, -0.05) is 12.1 Å². The lowest BCUT2D eigenvalue weighted by Gasteiger charge is -2.09. The van der Waals surface area contributed by atoms with Crippen LogP contribution in [0.4, 0.5) is 11.4 Å². The van der Waals surface area contributed by atoms with Crippen LogP contribution in [0.15, 0.2) is 73.1 Å². The molecular formula is C21H21N3O3S. The van der Waals surface area contributed by atoms with Crippen LogP contribution in [0.2, 0.25) is 0 Å². The quantitative estimate of drug-likeness (QED) is 0.639. The van der Waals surface area contributed by atoms with Crippen molar-refractivity contribution in [1.29, 1.82) is 0 Å². The summed E-state index contributed by atoms with van der Waals surface area (Å²) in [4.78, 5) is 16.4. The average Bonchev–Trinajstić information content (AvgIpc) is 2.70. The van der Waals surface area contributed by atoms with E-state index >= 15 is 0 Å². The number of amides is 1. The number of hydrogen-bond donors (Lipinski definition) is 2. The predicted molar refractivity (Wildman–Crippen MR) is 111 cm³/mol. The van der Waals surface area contributed by atoms with Crippen LogP contribution in [-0.2, 0) is 16.4 Å². The second-order valence-electron chi connectivity index (χ2n) is 6.27. The van der Waals surface area contributed by atoms with E-state index in [0.29, 0.717) is 16.9 Å². The lowest BCUT2D eigenvalue weighted by molar-refractivity contribution is 0.102. The third-order valence-electron chi connectivity index (χ3n) is 4.17. The van der Waals surface area contributed by atoms with Gasteiger partial charge in [-0.3, -0.25) is 14.5 Å². The van der Waals surface area contributed by atoms with Crippen molar-refractivity contribution in [3.05, 3.63) is 89.7 Å². The van der Waals surface area contributed by atoms with Gasteiger partial charge >= 0.3 is 0 Å². The molecule has 3 rings (SSSR count). The summed E-state index contributed by atoms with van der Waals surface area (Å²) in [6.07, 6.45) is 4.33. The summed E-state index contributed by atoms with van der Waals surface area (Å²) in [7, 11) is -3.34. The Bertz CT molecular complexity index is 1030. The molecule has 144 valence electrons. The van der Waals surface area contributed by atoms with E-state index in [0.717, 1.165) is 12.0 Å². The van der Waals surface area contributed by atoms with Crippen molar-refractivity contribution in [3.8, 4) is 0 Å². The monoisotopic (exact) mass is 395 g/mol. The van der Waals surface area contributed by atoms with Gasteiger partial charge in [0.05, 0.1) is 5.75 Å². The van der Waals surface area contributed by atoms with Gasteiger partial charge in [-0.2, -0.15) is 0 Å². The van der Waals surface area contributed by atoms with E-state index in [1.54, 1.807) is 43.6 Å². The first-order valence-electron chi connectivity index (χ1n) is 8.85. The van der Waals surface area contributed by atoms with Gasteiger partial charge in [0.1, 0.15) is 0 Å². The van der Waals surface area contributed by atoms with E-state index in [1.807, 2.05) is 36.4 Å². The molecule has 3 aromatic rings. The summed E-state index contributed by atoms with van der Waals surface area (Å²) >= 11 is 0.